The van der Waals surface area contributed by atoms with Crippen LogP contribution in [0.4, 0.5) is 13.2 Å². The highest BCUT2D eigenvalue weighted by Gasteiger charge is 2.48. The molecule has 0 saturated carbocycles. The number of hydrogen-bond acceptors (Lipinski definition) is 0. The number of thiophene rings is 1. The van der Waals surface area contributed by atoms with E-state index in [0.717, 1.165) is 17.4 Å². The average Bonchev–Trinajstić information content (AvgIpc) is 2.66. The van der Waals surface area contributed by atoms with Gasteiger partial charge in [0.2, 0.25) is 0 Å². The zero-order valence-electron chi connectivity index (χ0n) is 11.0. The van der Waals surface area contributed by atoms with Gasteiger partial charge in [-0.1, -0.05) is 26.8 Å². The van der Waals surface area contributed by atoms with Gasteiger partial charge >= 0.3 is 5.51 Å². The fourth-order valence-electron chi connectivity index (χ4n) is 2.09. The fourth-order valence-corrected chi connectivity index (χ4v) is 4.21. The average molecular weight is 353 g/mol. The van der Waals surface area contributed by atoms with E-state index in [4.69, 9.17) is 0 Å². The molecule has 0 spiro atoms. The molecule has 0 amide bonds. The van der Waals surface area contributed by atoms with Crippen LogP contribution in [0, 0.1) is 0 Å². The van der Waals surface area contributed by atoms with Crippen molar-refractivity contribution in [2.75, 3.05) is 0 Å². The molecular formula is C14H16BrF3S. The topological polar surface area (TPSA) is 0 Å². The van der Waals surface area contributed by atoms with E-state index in [2.05, 4.69) is 0 Å². The van der Waals surface area contributed by atoms with Crippen LogP contribution in [0.1, 0.15) is 37.1 Å². The molecule has 0 radical (unpaired) electrons. The maximum absolute atomic E-state index is 13.3. The van der Waals surface area contributed by atoms with Crippen LogP contribution in [-0.4, -0.2) is 0 Å². The molecule has 1 aromatic carbocycles. The van der Waals surface area contributed by atoms with Crippen molar-refractivity contribution in [3.05, 3.63) is 34.7 Å². The summed E-state index contributed by atoms with van der Waals surface area (Å²) in [6.45, 7) is 5.60. The number of aryl methyl sites for hydroxylation is 1. The summed E-state index contributed by atoms with van der Waals surface area (Å²) in [4.78, 5) is 0.505. The lowest BCUT2D eigenvalue weighted by atomic mass is 10.1. The van der Waals surface area contributed by atoms with Crippen molar-refractivity contribution in [2.45, 2.75) is 38.6 Å². The van der Waals surface area contributed by atoms with E-state index >= 15 is 0 Å². The summed E-state index contributed by atoms with van der Waals surface area (Å²) in [7, 11) is -1.74. The molecule has 1 aromatic heterocycles. The van der Waals surface area contributed by atoms with Crippen molar-refractivity contribution in [1.82, 2.24) is 0 Å². The Morgan fingerprint density at radius 2 is 1.79 bits per heavy atom. The van der Waals surface area contributed by atoms with Crippen molar-refractivity contribution >= 4 is 20.6 Å². The quantitative estimate of drug-likeness (QED) is 0.729. The van der Waals surface area contributed by atoms with Gasteiger partial charge in [0.05, 0.1) is 10.5 Å². The van der Waals surface area contributed by atoms with Crippen LogP contribution < -0.4 is 17.0 Å². The standard InChI is InChI=1S/C14H16F3S.BrH/c1-4-10-5-6-11-8-12(9(2)3)18(13(11)7-10)14(15,16)17;/h5-9H,4H2,1-3H3;1H/q+1;/p-1. The predicted octanol–water partition coefficient (Wildman–Crippen LogP) is 2.76. The van der Waals surface area contributed by atoms with Crippen molar-refractivity contribution in [1.29, 1.82) is 0 Å². The zero-order valence-corrected chi connectivity index (χ0v) is 13.4. The van der Waals surface area contributed by atoms with Crippen molar-refractivity contribution < 1.29 is 30.2 Å². The summed E-state index contributed by atoms with van der Waals surface area (Å²) in [6, 6.07) is 7.17. The molecule has 1 heterocycles. The smallest absolute Gasteiger partial charge is 0.600 e. The summed E-state index contributed by atoms with van der Waals surface area (Å²) in [6.07, 6.45) is 0.763. The van der Waals surface area contributed by atoms with Crippen molar-refractivity contribution in [3.63, 3.8) is 0 Å². The molecule has 19 heavy (non-hydrogen) atoms. The lowest BCUT2D eigenvalue weighted by Crippen LogP contribution is -3.00. The molecular weight excluding hydrogens is 337 g/mol. The van der Waals surface area contributed by atoms with E-state index in [1.165, 1.54) is 0 Å². The van der Waals surface area contributed by atoms with Gasteiger partial charge in [-0.25, -0.2) is 0 Å². The molecule has 5 heteroatoms. The van der Waals surface area contributed by atoms with Crippen molar-refractivity contribution in [2.24, 2.45) is 0 Å². The molecule has 0 aliphatic heterocycles. The van der Waals surface area contributed by atoms with E-state index in [1.807, 2.05) is 32.9 Å². The molecule has 0 bridgehead atoms. The molecule has 0 fully saturated rings. The van der Waals surface area contributed by atoms with Crippen molar-refractivity contribution in [3.8, 4) is 0 Å². The summed E-state index contributed by atoms with van der Waals surface area (Å²) in [5.41, 5.74) is -3.21. The SMILES string of the molecule is CCc1ccc2cc(C(C)C)[s+](C(F)(F)F)c2c1.[Br-]. The maximum atomic E-state index is 13.3. The second-order valence-corrected chi connectivity index (χ2v) is 6.67. The Hall–Kier alpha value is -0.550. The van der Waals surface area contributed by atoms with Crippen LogP contribution in [0.2, 0.25) is 0 Å². The van der Waals surface area contributed by atoms with Gasteiger partial charge in [-0.05, 0) is 18.1 Å². The first kappa shape index (κ1) is 16.5. The number of halogens is 4. The largest absolute Gasteiger partial charge is 1.00 e. The number of hydrogen-bond donors (Lipinski definition) is 0. The lowest BCUT2D eigenvalue weighted by Gasteiger charge is -2.02. The molecule has 0 nitrogen and oxygen atoms in total. The fraction of sp³-hybridized carbons (Fsp3) is 0.429. The highest BCUT2D eigenvalue weighted by Crippen LogP contribution is 2.53. The Morgan fingerprint density at radius 3 is 2.26 bits per heavy atom. The minimum absolute atomic E-state index is 0. The van der Waals surface area contributed by atoms with E-state index < -0.39 is 16.0 Å². The van der Waals surface area contributed by atoms with Gasteiger partial charge in [0, 0.05) is 23.4 Å². The Bertz CT molecular complexity index is 570. The monoisotopic (exact) mass is 352 g/mol. The van der Waals surface area contributed by atoms with E-state index in [9.17, 15) is 13.2 Å². The summed E-state index contributed by atoms with van der Waals surface area (Å²) in [5.74, 6) is -0.0764. The number of benzene rings is 1. The third kappa shape index (κ3) is 3.14. The van der Waals surface area contributed by atoms with E-state index in [0.29, 0.717) is 9.58 Å². The second-order valence-electron chi connectivity index (χ2n) is 4.68. The van der Waals surface area contributed by atoms with Gasteiger partial charge in [0.25, 0.3) is 0 Å². The molecule has 0 saturated heterocycles. The molecule has 2 aromatic rings. The number of alkyl halides is 3. The van der Waals surface area contributed by atoms with Crippen LogP contribution in [0.25, 0.3) is 10.1 Å². The molecule has 0 aliphatic rings. The van der Waals surface area contributed by atoms with Gasteiger partial charge in [0.1, 0.15) is 0 Å². The molecule has 0 N–H and O–H groups in total. The third-order valence-corrected chi connectivity index (χ3v) is 5.36. The normalized spacial score (nSPS) is 12.9. The van der Waals surface area contributed by atoms with Gasteiger partial charge in [-0.3, -0.25) is 0 Å². The van der Waals surface area contributed by atoms with E-state index in [1.54, 1.807) is 12.1 Å². The summed E-state index contributed by atoms with van der Waals surface area (Å²) >= 11 is 0. The maximum Gasteiger partial charge on any atom is 0.600 e. The molecule has 0 aliphatic carbocycles. The number of rotatable bonds is 2. The minimum atomic E-state index is -4.17. The summed E-state index contributed by atoms with van der Waals surface area (Å²) < 4.78 is 40.2. The van der Waals surface area contributed by atoms with Crippen LogP contribution in [-0.2, 0) is 11.9 Å². The zero-order chi connectivity index (χ0) is 13.5. The lowest BCUT2D eigenvalue weighted by molar-refractivity contribution is -0.0868. The minimum Gasteiger partial charge on any atom is -1.00 e. The molecule has 1 unspecified atom stereocenters. The van der Waals surface area contributed by atoms with E-state index in [-0.39, 0.29) is 22.9 Å². The van der Waals surface area contributed by atoms with Crippen LogP contribution in [0.5, 0.6) is 0 Å². The number of fused-ring (bicyclic) bond motifs is 1. The third-order valence-electron chi connectivity index (χ3n) is 3.04. The van der Waals surface area contributed by atoms with Gasteiger partial charge in [-0.2, -0.15) is 0 Å². The predicted molar refractivity (Wildman–Crippen MR) is 71.2 cm³/mol. The summed E-state index contributed by atoms with van der Waals surface area (Å²) in [5, 5.41) is 0.733. The highest BCUT2D eigenvalue weighted by molar-refractivity contribution is 7.38. The highest BCUT2D eigenvalue weighted by atomic mass is 79.9. The Labute approximate surface area is 124 Å². The second kappa shape index (κ2) is 5.83. The molecule has 2 rings (SSSR count). The van der Waals surface area contributed by atoms with Crippen LogP contribution in [0.15, 0.2) is 24.3 Å². The van der Waals surface area contributed by atoms with Crippen LogP contribution >= 0.6 is 10.5 Å². The van der Waals surface area contributed by atoms with Crippen LogP contribution in [0.3, 0.4) is 0 Å². The Balaban J connectivity index is 0.00000180. The first-order valence-electron chi connectivity index (χ1n) is 6.00. The first-order chi connectivity index (χ1) is 8.34. The van der Waals surface area contributed by atoms with Gasteiger partial charge in [0.15, 0.2) is 9.58 Å². The molecule has 1 atom stereocenters. The van der Waals surface area contributed by atoms with Gasteiger partial charge < -0.3 is 17.0 Å². The van der Waals surface area contributed by atoms with Gasteiger partial charge in [-0.15, -0.1) is 13.2 Å². The Kier molecular flexibility index (Phi) is 5.07. The first-order valence-corrected chi connectivity index (χ1v) is 7.22. The molecule has 106 valence electrons. The Morgan fingerprint density at radius 1 is 1.16 bits per heavy atom.